The van der Waals surface area contributed by atoms with Crippen LogP contribution in [0.3, 0.4) is 0 Å². The van der Waals surface area contributed by atoms with Gasteiger partial charge in [-0.25, -0.2) is 0 Å². The number of hydrogen-bond acceptors (Lipinski definition) is 1. The summed E-state index contributed by atoms with van der Waals surface area (Å²) in [6.45, 7) is 0.813. The molecule has 1 nitrogen and oxygen atoms in total. The lowest BCUT2D eigenvalue weighted by Gasteiger charge is -2.20. The maximum atomic E-state index is 6.28. The summed E-state index contributed by atoms with van der Waals surface area (Å²) in [5.41, 5.74) is 3.47. The molecular weight excluding hydrogens is 359 g/mol. The van der Waals surface area contributed by atoms with Gasteiger partial charge in [-0.2, -0.15) is 0 Å². The third-order valence-electron chi connectivity index (χ3n) is 3.46. The molecule has 104 valence electrons. The molecule has 3 rings (SSSR count). The first-order valence-electron chi connectivity index (χ1n) is 6.50. The van der Waals surface area contributed by atoms with Gasteiger partial charge in [0.1, 0.15) is 5.75 Å². The molecule has 0 radical (unpaired) electrons. The number of fused-ring (bicyclic) bond motifs is 1. The van der Waals surface area contributed by atoms with E-state index in [0.29, 0.717) is 10.0 Å². The second kappa shape index (κ2) is 5.97. The van der Waals surface area contributed by atoms with E-state index in [2.05, 4.69) is 28.1 Å². The summed E-state index contributed by atoms with van der Waals surface area (Å²) in [7, 11) is 0. The van der Waals surface area contributed by atoms with Crippen molar-refractivity contribution in [3.63, 3.8) is 0 Å². The number of benzene rings is 2. The largest absolute Gasteiger partial charge is 0.493 e. The molecule has 2 aromatic carbocycles. The fraction of sp³-hybridized carbons (Fsp3) is 0.250. The van der Waals surface area contributed by atoms with E-state index in [9.17, 15) is 0 Å². The standard InChI is InChI=1S/C16H13BrCl2O/c17-16(13-5-4-12(18)9-14(13)19)11-3-6-15-10(8-11)2-1-7-20-15/h3-6,8-9,16H,1-2,7H2. The Morgan fingerprint density at radius 2 is 1.95 bits per heavy atom. The van der Waals surface area contributed by atoms with Crippen LogP contribution in [0, 0.1) is 0 Å². The fourth-order valence-electron chi connectivity index (χ4n) is 2.42. The van der Waals surface area contributed by atoms with Gasteiger partial charge in [-0.05, 0) is 47.7 Å². The van der Waals surface area contributed by atoms with E-state index in [1.54, 1.807) is 6.07 Å². The molecule has 0 N–H and O–H groups in total. The highest BCUT2D eigenvalue weighted by Crippen LogP contribution is 2.38. The number of rotatable bonds is 2. The molecule has 0 aromatic heterocycles. The van der Waals surface area contributed by atoms with Gasteiger partial charge in [0.05, 0.1) is 11.4 Å². The van der Waals surface area contributed by atoms with Crippen LogP contribution in [0.4, 0.5) is 0 Å². The Morgan fingerprint density at radius 1 is 1.10 bits per heavy atom. The van der Waals surface area contributed by atoms with E-state index in [1.165, 1.54) is 11.1 Å². The smallest absolute Gasteiger partial charge is 0.122 e. The van der Waals surface area contributed by atoms with E-state index >= 15 is 0 Å². The summed E-state index contributed by atoms with van der Waals surface area (Å²) < 4.78 is 5.64. The Labute approximate surface area is 137 Å². The second-order valence-corrected chi connectivity index (χ2v) is 6.61. The quantitative estimate of drug-likeness (QED) is 0.606. The minimum atomic E-state index is 0.0551. The maximum absolute atomic E-state index is 6.28. The lowest BCUT2D eigenvalue weighted by Crippen LogP contribution is -2.08. The Bertz CT molecular complexity index is 642. The van der Waals surface area contributed by atoms with Gasteiger partial charge in [-0.3, -0.25) is 0 Å². The van der Waals surface area contributed by atoms with Gasteiger partial charge in [0.2, 0.25) is 0 Å². The molecule has 1 atom stereocenters. The van der Waals surface area contributed by atoms with Crippen molar-refractivity contribution in [1.82, 2.24) is 0 Å². The van der Waals surface area contributed by atoms with E-state index < -0.39 is 0 Å². The SMILES string of the molecule is Clc1ccc(C(Br)c2ccc3c(c2)CCCO3)c(Cl)c1. The van der Waals surface area contributed by atoms with Crippen molar-refractivity contribution in [3.8, 4) is 5.75 Å². The van der Waals surface area contributed by atoms with E-state index in [4.69, 9.17) is 27.9 Å². The summed E-state index contributed by atoms with van der Waals surface area (Å²) in [6, 6.07) is 11.9. The molecular formula is C16H13BrCl2O. The molecule has 0 aliphatic carbocycles. The number of hydrogen-bond donors (Lipinski definition) is 0. The van der Waals surface area contributed by atoms with Crippen LogP contribution in [0.2, 0.25) is 10.0 Å². The van der Waals surface area contributed by atoms with E-state index in [-0.39, 0.29) is 4.83 Å². The Balaban J connectivity index is 1.95. The molecule has 0 spiro atoms. The minimum absolute atomic E-state index is 0.0551. The molecule has 4 heteroatoms. The van der Waals surface area contributed by atoms with Gasteiger partial charge in [0, 0.05) is 10.0 Å². The first-order chi connectivity index (χ1) is 9.65. The third kappa shape index (κ3) is 2.83. The molecule has 0 saturated heterocycles. The van der Waals surface area contributed by atoms with Crippen molar-refractivity contribution in [2.24, 2.45) is 0 Å². The van der Waals surface area contributed by atoms with Crippen molar-refractivity contribution in [2.45, 2.75) is 17.7 Å². The van der Waals surface area contributed by atoms with Crippen molar-refractivity contribution >= 4 is 39.1 Å². The van der Waals surface area contributed by atoms with Crippen molar-refractivity contribution in [1.29, 1.82) is 0 Å². The van der Waals surface area contributed by atoms with Crippen LogP contribution in [-0.2, 0) is 6.42 Å². The van der Waals surface area contributed by atoms with Crippen molar-refractivity contribution in [3.05, 3.63) is 63.1 Å². The lowest BCUT2D eigenvalue weighted by molar-refractivity contribution is 0.288. The molecule has 0 fully saturated rings. The van der Waals surface area contributed by atoms with Crippen LogP contribution in [0.25, 0.3) is 0 Å². The van der Waals surface area contributed by atoms with Crippen molar-refractivity contribution < 1.29 is 4.74 Å². The minimum Gasteiger partial charge on any atom is -0.493 e. The highest BCUT2D eigenvalue weighted by Gasteiger charge is 2.17. The van der Waals surface area contributed by atoms with E-state index in [0.717, 1.165) is 30.8 Å². The molecule has 1 heterocycles. The number of aryl methyl sites for hydroxylation is 1. The molecule has 20 heavy (non-hydrogen) atoms. The highest BCUT2D eigenvalue weighted by atomic mass is 79.9. The number of ether oxygens (including phenoxy) is 1. The highest BCUT2D eigenvalue weighted by molar-refractivity contribution is 9.09. The average molecular weight is 372 g/mol. The zero-order chi connectivity index (χ0) is 14.1. The van der Waals surface area contributed by atoms with Gasteiger partial charge < -0.3 is 4.74 Å². The zero-order valence-electron chi connectivity index (χ0n) is 10.7. The van der Waals surface area contributed by atoms with Gasteiger partial charge in [0.25, 0.3) is 0 Å². The monoisotopic (exact) mass is 370 g/mol. The normalized spacial score (nSPS) is 15.3. The second-order valence-electron chi connectivity index (χ2n) is 4.85. The Hall–Kier alpha value is -0.700. The van der Waals surface area contributed by atoms with Gasteiger partial charge >= 0.3 is 0 Å². The predicted molar refractivity (Wildman–Crippen MR) is 87.5 cm³/mol. The molecule has 1 aliphatic heterocycles. The first kappa shape index (κ1) is 14.2. The topological polar surface area (TPSA) is 9.23 Å². The van der Waals surface area contributed by atoms with Crippen molar-refractivity contribution in [2.75, 3.05) is 6.61 Å². The van der Waals surface area contributed by atoms with Crippen LogP contribution in [0.5, 0.6) is 5.75 Å². The third-order valence-corrected chi connectivity index (χ3v) is 5.05. The summed E-state index contributed by atoms with van der Waals surface area (Å²) in [5, 5.41) is 1.32. The molecule has 0 amide bonds. The molecule has 1 aliphatic rings. The number of alkyl halides is 1. The summed E-state index contributed by atoms with van der Waals surface area (Å²) >= 11 is 16.0. The summed E-state index contributed by atoms with van der Waals surface area (Å²) in [5.74, 6) is 1.00. The Morgan fingerprint density at radius 3 is 2.75 bits per heavy atom. The van der Waals surface area contributed by atoms with Crippen LogP contribution >= 0.6 is 39.1 Å². The van der Waals surface area contributed by atoms with Crippen LogP contribution < -0.4 is 4.74 Å². The molecule has 1 unspecified atom stereocenters. The summed E-state index contributed by atoms with van der Waals surface area (Å²) in [4.78, 5) is 0.0551. The molecule has 0 bridgehead atoms. The lowest BCUT2D eigenvalue weighted by atomic mass is 9.99. The van der Waals surface area contributed by atoms with Gasteiger partial charge in [-0.15, -0.1) is 0 Å². The molecule has 0 saturated carbocycles. The van der Waals surface area contributed by atoms with Gasteiger partial charge in [-0.1, -0.05) is 57.3 Å². The van der Waals surface area contributed by atoms with Gasteiger partial charge in [0.15, 0.2) is 0 Å². The average Bonchev–Trinajstić information content (AvgIpc) is 2.46. The molecule has 2 aromatic rings. The summed E-state index contributed by atoms with van der Waals surface area (Å²) in [6.07, 6.45) is 2.14. The van der Waals surface area contributed by atoms with Crippen LogP contribution in [0.15, 0.2) is 36.4 Å². The van der Waals surface area contributed by atoms with Crippen LogP contribution in [0.1, 0.15) is 27.9 Å². The fourth-order valence-corrected chi connectivity index (χ4v) is 3.76. The Kier molecular flexibility index (Phi) is 4.25. The van der Waals surface area contributed by atoms with E-state index in [1.807, 2.05) is 18.2 Å². The van der Waals surface area contributed by atoms with Crippen LogP contribution in [-0.4, -0.2) is 6.61 Å². The maximum Gasteiger partial charge on any atom is 0.122 e. The number of halogens is 3. The zero-order valence-corrected chi connectivity index (χ0v) is 13.8. The predicted octanol–water partition coefficient (Wildman–Crippen LogP) is 5.80. The first-order valence-corrected chi connectivity index (χ1v) is 8.17.